The molecule has 0 fully saturated rings. The van der Waals surface area contributed by atoms with E-state index >= 15 is 0 Å². The first kappa shape index (κ1) is 26.0. The number of hydrogen-bond acceptors (Lipinski definition) is 7. The van der Waals surface area contributed by atoms with Gasteiger partial charge in [0.05, 0.1) is 48.9 Å². The van der Waals surface area contributed by atoms with Crippen LogP contribution < -0.4 is 19.6 Å². The van der Waals surface area contributed by atoms with E-state index < -0.39 is 11.7 Å². The number of fused-ring (bicyclic) bond motifs is 1. The molecule has 2 aromatic heterocycles. The molecule has 2 heterocycles. The number of benzene rings is 2. The average Bonchev–Trinajstić information content (AvgIpc) is 3.59. The Labute approximate surface area is 229 Å². The van der Waals surface area contributed by atoms with Gasteiger partial charge >= 0.3 is 6.09 Å². The third-order valence-corrected chi connectivity index (χ3v) is 7.02. The number of carbonyl (C=O) groups is 1. The summed E-state index contributed by atoms with van der Waals surface area (Å²) in [6.45, 7) is 0. The number of methoxy groups -OCH3 is 2. The third-order valence-electron chi connectivity index (χ3n) is 6.79. The maximum absolute atomic E-state index is 12.0. The minimum atomic E-state index is -1.51. The van der Waals surface area contributed by atoms with E-state index in [0.29, 0.717) is 63.2 Å². The van der Waals surface area contributed by atoms with Gasteiger partial charge in [-0.1, -0.05) is 23.7 Å². The van der Waals surface area contributed by atoms with E-state index in [1.54, 1.807) is 49.8 Å². The van der Waals surface area contributed by atoms with Crippen LogP contribution in [0.2, 0.25) is 5.02 Å². The minimum absolute atomic E-state index is 0.321. The highest BCUT2D eigenvalue weighted by atomic mass is 35.5. The number of nitriles is 1. The Morgan fingerprint density at radius 2 is 1.97 bits per heavy atom. The van der Waals surface area contributed by atoms with Crippen LogP contribution in [0.3, 0.4) is 0 Å². The third kappa shape index (κ3) is 4.52. The monoisotopic (exact) mass is 546 g/mol. The predicted octanol–water partition coefficient (Wildman–Crippen LogP) is 3.98. The van der Waals surface area contributed by atoms with Crippen molar-refractivity contribution >= 4 is 23.4 Å². The van der Waals surface area contributed by atoms with Crippen molar-refractivity contribution in [3.05, 3.63) is 82.5 Å². The molecule has 1 aliphatic rings. The van der Waals surface area contributed by atoms with Gasteiger partial charge in [-0.05, 0) is 48.7 Å². The normalized spacial score (nSPS) is 15.8. The molecule has 2 aromatic carbocycles. The zero-order valence-corrected chi connectivity index (χ0v) is 22.2. The largest absolute Gasteiger partial charge is 0.495 e. The summed E-state index contributed by atoms with van der Waals surface area (Å²) in [6.07, 6.45) is 3.55. The van der Waals surface area contributed by atoms with Gasteiger partial charge < -0.3 is 19.6 Å². The molecular weight excluding hydrogens is 522 g/mol. The second-order valence-corrected chi connectivity index (χ2v) is 9.35. The number of halogens is 1. The van der Waals surface area contributed by atoms with Gasteiger partial charge in [0, 0.05) is 21.0 Å². The number of anilines is 1. The van der Waals surface area contributed by atoms with E-state index in [0.717, 1.165) is 11.1 Å². The zero-order chi connectivity index (χ0) is 27.7. The lowest BCUT2D eigenvalue weighted by molar-refractivity contribution is -0.893. The number of aromatic amines is 1. The number of nitrogens with one attached hydrogen (secondary N) is 2. The predicted molar refractivity (Wildman–Crippen MR) is 142 cm³/mol. The van der Waals surface area contributed by atoms with Gasteiger partial charge in [-0.15, -0.1) is 0 Å². The maximum atomic E-state index is 12.0. The molecule has 0 spiro atoms. The number of rotatable bonds is 6. The van der Waals surface area contributed by atoms with Crippen LogP contribution in [-0.4, -0.2) is 42.5 Å². The van der Waals surface area contributed by atoms with Crippen LogP contribution in [0.4, 0.5) is 10.5 Å². The fraction of sp³-hybridized carbons (Fsp3) is 0.214. The number of nitrogens with zero attached hydrogens (tertiary/aromatic N) is 3. The molecule has 0 saturated heterocycles. The number of aromatic nitrogens is 3. The second-order valence-electron chi connectivity index (χ2n) is 8.91. The van der Waals surface area contributed by atoms with Gasteiger partial charge in [-0.3, -0.25) is 10.2 Å². The molecule has 1 atom stereocenters. The lowest BCUT2D eigenvalue weighted by atomic mass is 9.96. The first-order valence-corrected chi connectivity index (χ1v) is 12.3. The lowest BCUT2D eigenvalue weighted by Crippen LogP contribution is -2.50. The molecule has 5 rings (SSSR count). The smallest absolute Gasteiger partial charge is 0.411 e. The van der Waals surface area contributed by atoms with Crippen molar-refractivity contribution in [2.75, 3.05) is 26.6 Å². The van der Waals surface area contributed by atoms with Crippen LogP contribution in [0.5, 0.6) is 5.75 Å². The molecule has 0 saturated carbocycles. The highest BCUT2D eigenvalue weighted by Crippen LogP contribution is 2.46. The van der Waals surface area contributed by atoms with Crippen LogP contribution in [0.15, 0.2) is 54.9 Å². The molecule has 0 bridgehead atoms. The summed E-state index contributed by atoms with van der Waals surface area (Å²) in [6, 6.07) is 14.3. The number of imidazole rings is 1. The molecule has 0 aliphatic heterocycles. The maximum Gasteiger partial charge on any atom is 0.411 e. The van der Waals surface area contributed by atoms with Crippen LogP contribution >= 0.6 is 11.6 Å². The highest BCUT2D eigenvalue weighted by Gasteiger charge is 2.52. The average molecular weight is 547 g/mol. The van der Waals surface area contributed by atoms with Gasteiger partial charge in [0.15, 0.2) is 0 Å². The fourth-order valence-corrected chi connectivity index (χ4v) is 5.12. The Morgan fingerprint density at radius 1 is 1.21 bits per heavy atom. The number of amides is 1. The van der Waals surface area contributed by atoms with E-state index in [9.17, 15) is 15.2 Å². The summed E-state index contributed by atoms with van der Waals surface area (Å²) in [5.74, 6) is 0.863. The number of ether oxygens (including phenoxy) is 2. The number of H-pyrrole nitrogens is 1. The topological polar surface area (TPSA) is 133 Å². The van der Waals surface area contributed by atoms with Gasteiger partial charge in [-0.25, -0.2) is 9.78 Å². The van der Waals surface area contributed by atoms with Crippen molar-refractivity contribution in [2.24, 2.45) is 0 Å². The molecule has 4 aromatic rings. The second kappa shape index (κ2) is 10.3. The van der Waals surface area contributed by atoms with Crippen LogP contribution in [-0.2, 0) is 16.8 Å². The first-order chi connectivity index (χ1) is 18.8. The van der Waals surface area contributed by atoms with Gasteiger partial charge in [0.25, 0.3) is 5.69 Å². The molecule has 1 amide bonds. The number of hydrogen-bond donors (Lipinski definition) is 3. The summed E-state index contributed by atoms with van der Waals surface area (Å²) in [4.78, 5) is 24.9. The van der Waals surface area contributed by atoms with E-state index in [1.807, 2.05) is 12.1 Å². The Bertz CT molecular complexity index is 1610. The summed E-state index contributed by atoms with van der Waals surface area (Å²) >= 11 is 6.26. The number of aliphatic hydroxyl groups is 1. The standard InChI is InChI=1S/C28H24ClN5O5/c1-37-24-20-10-11-28(36,25(20)34(39-3)15-22(24)21-12-18(29)7-4-17(21)13-30)26-31-14-23(33-26)16-5-8-19(9-6-16)32-27(35)38-2/h4-9,12,14-15,36H,10-11H2,1-3H3,(H-,31,32,33,35)/p+1. The Hall–Kier alpha value is -4.59. The molecule has 198 valence electrons. The van der Waals surface area contributed by atoms with Crippen molar-refractivity contribution in [3.8, 4) is 34.2 Å². The number of pyridine rings is 1. The van der Waals surface area contributed by atoms with Crippen molar-refractivity contribution in [1.82, 2.24) is 9.97 Å². The minimum Gasteiger partial charge on any atom is -0.495 e. The van der Waals surface area contributed by atoms with Crippen molar-refractivity contribution in [2.45, 2.75) is 18.4 Å². The molecule has 1 unspecified atom stereocenters. The Balaban J connectivity index is 1.57. The van der Waals surface area contributed by atoms with Crippen molar-refractivity contribution in [3.63, 3.8) is 0 Å². The lowest BCUT2D eigenvalue weighted by Gasteiger charge is -2.19. The molecule has 1 aliphatic carbocycles. The van der Waals surface area contributed by atoms with Crippen LogP contribution in [0.25, 0.3) is 22.4 Å². The molecule has 39 heavy (non-hydrogen) atoms. The van der Waals surface area contributed by atoms with E-state index in [2.05, 4.69) is 26.1 Å². The highest BCUT2D eigenvalue weighted by molar-refractivity contribution is 6.31. The van der Waals surface area contributed by atoms with Gasteiger partial charge in [-0.2, -0.15) is 5.26 Å². The van der Waals surface area contributed by atoms with E-state index in [1.165, 1.54) is 19.0 Å². The molecule has 0 radical (unpaired) electrons. The molecule has 10 nitrogen and oxygen atoms in total. The molecular formula is C28H25ClN5O5+. The summed E-state index contributed by atoms with van der Waals surface area (Å²) in [5, 5.41) is 24.8. The summed E-state index contributed by atoms with van der Waals surface area (Å²) < 4.78 is 11.9. The quantitative estimate of drug-likeness (QED) is 0.311. The zero-order valence-electron chi connectivity index (χ0n) is 21.4. The van der Waals surface area contributed by atoms with Gasteiger partial charge in [0.2, 0.25) is 11.8 Å². The Morgan fingerprint density at radius 3 is 2.64 bits per heavy atom. The Kier molecular flexibility index (Phi) is 6.87. The fourth-order valence-electron chi connectivity index (χ4n) is 4.95. The molecule has 3 N–H and O–H groups in total. The summed E-state index contributed by atoms with van der Waals surface area (Å²) in [5.41, 5.74) is 3.41. The van der Waals surface area contributed by atoms with E-state index in [4.69, 9.17) is 21.2 Å². The first-order valence-electron chi connectivity index (χ1n) is 12.0. The number of carbonyl (C=O) groups excluding carboxylic acids is 1. The molecule has 11 heteroatoms. The van der Waals surface area contributed by atoms with Crippen molar-refractivity contribution < 1.29 is 28.9 Å². The van der Waals surface area contributed by atoms with Crippen LogP contribution in [0.1, 0.15) is 29.1 Å². The SMILES string of the molecule is COC(=O)Nc1ccc(-c2cnc(C3(O)CCc4c(OC)c(-c5cc(Cl)ccc5C#N)c[n+](OC)c43)[nH]2)cc1. The van der Waals surface area contributed by atoms with E-state index in [-0.39, 0.29) is 0 Å². The summed E-state index contributed by atoms with van der Waals surface area (Å²) in [7, 11) is 4.34. The van der Waals surface area contributed by atoms with Crippen LogP contribution in [0, 0.1) is 11.3 Å². The van der Waals surface area contributed by atoms with Crippen molar-refractivity contribution in [1.29, 1.82) is 5.26 Å². The van der Waals surface area contributed by atoms with Gasteiger partial charge in [0.1, 0.15) is 18.7 Å².